The molecule has 0 radical (unpaired) electrons. The summed E-state index contributed by atoms with van der Waals surface area (Å²) in [6.07, 6.45) is 2.27. The van der Waals surface area contributed by atoms with Crippen LogP contribution in [0, 0.1) is 0 Å². The highest BCUT2D eigenvalue weighted by Crippen LogP contribution is 2.31. The molecule has 4 heteroatoms. The Morgan fingerprint density at radius 3 is 2.81 bits per heavy atom. The summed E-state index contributed by atoms with van der Waals surface area (Å²) in [4.78, 5) is 2.52. The molecule has 2 rings (SSSR count). The van der Waals surface area contributed by atoms with Crippen molar-refractivity contribution < 1.29 is 4.74 Å². The van der Waals surface area contributed by atoms with Gasteiger partial charge in [0.25, 0.3) is 0 Å². The number of rotatable bonds is 2. The highest BCUT2D eigenvalue weighted by Gasteiger charge is 2.33. The van der Waals surface area contributed by atoms with E-state index in [-0.39, 0.29) is 5.54 Å². The number of hydrogen-bond donors (Lipinski definition) is 1. The largest absolute Gasteiger partial charge is 0.379 e. The minimum Gasteiger partial charge on any atom is -0.379 e. The molecule has 0 spiro atoms. The van der Waals surface area contributed by atoms with Gasteiger partial charge in [-0.1, -0.05) is 13.8 Å². The number of nitrogens with zero attached hydrogens (tertiary/aromatic N) is 1. The van der Waals surface area contributed by atoms with Crippen molar-refractivity contribution in [3.63, 3.8) is 0 Å². The summed E-state index contributed by atoms with van der Waals surface area (Å²) in [5.41, 5.74) is 6.25. The normalized spacial score (nSPS) is 36.2. The average Bonchev–Trinajstić information content (AvgIpc) is 2.54. The Morgan fingerprint density at radius 2 is 2.12 bits per heavy atom. The maximum absolute atomic E-state index is 6.34. The molecule has 3 nitrogen and oxygen atoms in total. The van der Waals surface area contributed by atoms with Gasteiger partial charge in [0.1, 0.15) is 0 Å². The lowest BCUT2D eigenvalue weighted by atomic mass is 9.99. The maximum Gasteiger partial charge on any atom is 0.0659 e. The highest BCUT2D eigenvalue weighted by atomic mass is 32.2. The first-order valence-electron chi connectivity index (χ1n) is 6.22. The fraction of sp³-hybridized carbons (Fsp3) is 1.00. The van der Waals surface area contributed by atoms with Crippen LogP contribution in [0.3, 0.4) is 0 Å². The van der Waals surface area contributed by atoms with Crippen molar-refractivity contribution in [2.45, 2.75) is 37.0 Å². The van der Waals surface area contributed by atoms with Crippen LogP contribution >= 0.6 is 11.8 Å². The minimum atomic E-state index is -0.0842. The fourth-order valence-electron chi connectivity index (χ4n) is 2.41. The van der Waals surface area contributed by atoms with Crippen LogP contribution in [-0.4, -0.2) is 53.8 Å². The Morgan fingerprint density at radius 1 is 1.31 bits per heavy atom. The van der Waals surface area contributed by atoms with Gasteiger partial charge >= 0.3 is 0 Å². The van der Waals surface area contributed by atoms with Gasteiger partial charge in [-0.25, -0.2) is 0 Å². The monoisotopic (exact) mass is 244 g/mol. The van der Waals surface area contributed by atoms with Crippen molar-refractivity contribution in [3.8, 4) is 0 Å². The van der Waals surface area contributed by atoms with Gasteiger partial charge in [-0.05, 0) is 19.4 Å². The second-order valence-electron chi connectivity index (χ2n) is 5.80. The van der Waals surface area contributed by atoms with Gasteiger partial charge in [-0.15, -0.1) is 0 Å². The van der Waals surface area contributed by atoms with Crippen LogP contribution < -0.4 is 5.73 Å². The number of nitrogens with two attached hydrogens (primary N) is 1. The van der Waals surface area contributed by atoms with Crippen molar-refractivity contribution in [1.29, 1.82) is 0 Å². The molecule has 0 aromatic carbocycles. The van der Waals surface area contributed by atoms with Crippen molar-refractivity contribution >= 4 is 11.8 Å². The first-order chi connectivity index (χ1) is 7.49. The van der Waals surface area contributed by atoms with Gasteiger partial charge in [0, 0.05) is 30.2 Å². The van der Waals surface area contributed by atoms with Gasteiger partial charge < -0.3 is 15.4 Å². The Hall–Kier alpha value is 0.230. The van der Waals surface area contributed by atoms with E-state index < -0.39 is 0 Å². The number of ether oxygens (including phenoxy) is 1. The van der Waals surface area contributed by atoms with E-state index in [9.17, 15) is 0 Å². The Kier molecular flexibility index (Phi) is 3.84. The van der Waals surface area contributed by atoms with Crippen LogP contribution in [0.25, 0.3) is 0 Å². The third kappa shape index (κ3) is 3.36. The smallest absolute Gasteiger partial charge is 0.0659 e. The van der Waals surface area contributed by atoms with Gasteiger partial charge in [0.2, 0.25) is 0 Å². The van der Waals surface area contributed by atoms with Crippen LogP contribution in [0.1, 0.15) is 26.7 Å². The first-order valence-corrected chi connectivity index (χ1v) is 7.21. The zero-order chi connectivity index (χ0) is 11.6. The second kappa shape index (κ2) is 4.84. The van der Waals surface area contributed by atoms with Crippen LogP contribution in [0.2, 0.25) is 0 Å². The van der Waals surface area contributed by atoms with Crippen molar-refractivity contribution in [2.75, 3.05) is 38.6 Å². The van der Waals surface area contributed by atoms with E-state index in [2.05, 4.69) is 30.5 Å². The average molecular weight is 244 g/mol. The summed E-state index contributed by atoms with van der Waals surface area (Å²) in [5.74, 6) is 1.23. The van der Waals surface area contributed by atoms with Crippen LogP contribution in [-0.2, 0) is 4.74 Å². The SMILES string of the molecule is CC1(C)CCN(CC2(N)CCOC2)CCS1. The highest BCUT2D eigenvalue weighted by molar-refractivity contribution is 8.00. The quantitative estimate of drug-likeness (QED) is 0.795. The molecule has 0 aliphatic carbocycles. The molecule has 2 heterocycles. The predicted octanol–water partition coefficient (Wildman–Crippen LogP) is 1.32. The molecule has 94 valence electrons. The third-order valence-corrected chi connectivity index (χ3v) is 4.98. The lowest BCUT2D eigenvalue weighted by Gasteiger charge is -2.30. The van der Waals surface area contributed by atoms with Crippen LogP contribution in [0.15, 0.2) is 0 Å². The molecule has 16 heavy (non-hydrogen) atoms. The standard InChI is InChI=1S/C12H24N2OS/c1-11(2)3-5-14(6-8-16-11)9-12(13)4-7-15-10-12/h3-10,13H2,1-2H3. The molecule has 0 aromatic heterocycles. The lowest BCUT2D eigenvalue weighted by molar-refractivity contribution is 0.154. The van der Waals surface area contributed by atoms with Crippen molar-refractivity contribution in [3.05, 3.63) is 0 Å². The van der Waals surface area contributed by atoms with E-state index in [0.717, 1.165) is 26.2 Å². The molecule has 2 fully saturated rings. The number of thioether (sulfide) groups is 1. The molecule has 1 unspecified atom stereocenters. The van der Waals surface area contributed by atoms with E-state index in [1.807, 2.05) is 0 Å². The second-order valence-corrected chi connectivity index (χ2v) is 7.60. The molecule has 2 aliphatic rings. The maximum atomic E-state index is 6.34. The summed E-state index contributed by atoms with van der Waals surface area (Å²) in [6.45, 7) is 9.62. The molecular weight excluding hydrogens is 220 g/mol. The molecule has 2 aliphatic heterocycles. The predicted molar refractivity (Wildman–Crippen MR) is 69.9 cm³/mol. The first kappa shape index (κ1) is 12.7. The molecule has 0 bridgehead atoms. The van der Waals surface area contributed by atoms with E-state index >= 15 is 0 Å². The van der Waals surface area contributed by atoms with Gasteiger partial charge in [-0.3, -0.25) is 0 Å². The number of hydrogen-bond acceptors (Lipinski definition) is 4. The minimum absolute atomic E-state index is 0.0842. The lowest BCUT2D eigenvalue weighted by Crippen LogP contribution is -2.51. The van der Waals surface area contributed by atoms with Crippen molar-refractivity contribution in [1.82, 2.24) is 4.90 Å². The Balaban J connectivity index is 1.86. The zero-order valence-electron chi connectivity index (χ0n) is 10.5. The van der Waals surface area contributed by atoms with Crippen LogP contribution in [0.4, 0.5) is 0 Å². The summed E-state index contributed by atoms with van der Waals surface area (Å²) in [5, 5.41) is 0. The van der Waals surface area contributed by atoms with E-state index in [4.69, 9.17) is 10.5 Å². The molecular formula is C12H24N2OS. The van der Waals surface area contributed by atoms with E-state index in [1.54, 1.807) is 0 Å². The molecule has 0 saturated carbocycles. The molecule has 0 amide bonds. The Bertz CT molecular complexity index is 239. The molecule has 0 aromatic rings. The van der Waals surface area contributed by atoms with E-state index in [1.165, 1.54) is 25.3 Å². The molecule has 1 atom stereocenters. The summed E-state index contributed by atoms with van der Waals surface area (Å²) in [7, 11) is 0. The Labute approximate surface area is 103 Å². The van der Waals surface area contributed by atoms with E-state index in [0.29, 0.717) is 4.75 Å². The zero-order valence-corrected chi connectivity index (χ0v) is 11.3. The third-order valence-electron chi connectivity index (χ3n) is 3.60. The topological polar surface area (TPSA) is 38.5 Å². The molecule has 2 N–H and O–H groups in total. The summed E-state index contributed by atoms with van der Waals surface area (Å²) < 4.78 is 5.85. The van der Waals surface area contributed by atoms with Gasteiger partial charge in [0.05, 0.1) is 12.1 Å². The van der Waals surface area contributed by atoms with Gasteiger partial charge in [0.15, 0.2) is 0 Å². The van der Waals surface area contributed by atoms with Crippen LogP contribution in [0.5, 0.6) is 0 Å². The van der Waals surface area contributed by atoms with Gasteiger partial charge in [-0.2, -0.15) is 11.8 Å². The summed E-state index contributed by atoms with van der Waals surface area (Å²) >= 11 is 2.09. The summed E-state index contributed by atoms with van der Waals surface area (Å²) in [6, 6.07) is 0. The van der Waals surface area contributed by atoms with Crippen molar-refractivity contribution in [2.24, 2.45) is 5.73 Å². The fourth-order valence-corrected chi connectivity index (χ4v) is 3.55. The molecule has 2 saturated heterocycles.